The number of nitrogens with one attached hydrogen (secondary N) is 1. The lowest BCUT2D eigenvalue weighted by Crippen LogP contribution is -2.14. The number of fused-ring (bicyclic) bond motifs is 1. The smallest absolute Gasteiger partial charge is 0.221 e. The van der Waals surface area contributed by atoms with Crippen molar-refractivity contribution in [2.75, 3.05) is 18.7 Å². The lowest BCUT2D eigenvalue weighted by atomic mass is 10.0. The van der Waals surface area contributed by atoms with Gasteiger partial charge in [0.25, 0.3) is 0 Å². The van der Waals surface area contributed by atoms with E-state index < -0.39 is 19.3 Å². The van der Waals surface area contributed by atoms with Crippen LogP contribution in [0.5, 0.6) is 0 Å². The first kappa shape index (κ1) is 19.9. The number of carbonyl (C=O) groups is 1. The number of thiocarbonyl (C=S) groups is 1. The minimum Gasteiger partial charge on any atom is -0.389 e. The molecule has 0 aliphatic rings. The third-order valence-corrected chi connectivity index (χ3v) is 4.79. The molecule has 7 heteroatoms. The highest BCUT2D eigenvalue weighted by atomic mass is 32.1. The van der Waals surface area contributed by atoms with Crippen LogP contribution in [0.3, 0.4) is 0 Å². The molecule has 0 radical (unpaired) electrons. The zero-order valence-electron chi connectivity index (χ0n) is 15.4. The van der Waals surface area contributed by atoms with Crippen LogP contribution in [0.15, 0.2) is 48.7 Å². The van der Waals surface area contributed by atoms with E-state index in [-0.39, 0.29) is 12.5 Å². The fourth-order valence-corrected chi connectivity index (χ4v) is 3.34. The first-order valence-electron chi connectivity index (χ1n) is 8.85. The molecule has 3 aromatic rings. The molecule has 0 aliphatic heterocycles. The van der Waals surface area contributed by atoms with Crippen LogP contribution in [0, 0.1) is 5.92 Å². The number of aromatic nitrogens is 1. The van der Waals surface area contributed by atoms with Crippen LogP contribution in [-0.2, 0) is 11.3 Å². The summed E-state index contributed by atoms with van der Waals surface area (Å²) in [5.74, 6) is -0.914. The van der Waals surface area contributed by atoms with Crippen molar-refractivity contribution in [3.8, 4) is 11.1 Å². The summed E-state index contributed by atoms with van der Waals surface area (Å²) in [6.07, 6.45) is 1.87. The van der Waals surface area contributed by atoms with Gasteiger partial charge in [0.05, 0.1) is 18.9 Å². The molecule has 28 heavy (non-hydrogen) atoms. The Labute approximate surface area is 167 Å². The van der Waals surface area contributed by atoms with E-state index in [0.29, 0.717) is 10.7 Å². The molecule has 0 saturated carbocycles. The van der Waals surface area contributed by atoms with E-state index in [0.717, 1.165) is 27.6 Å². The summed E-state index contributed by atoms with van der Waals surface area (Å²) in [4.78, 5) is 11.7. The third kappa shape index (κ3) is 4.20. The quantitative estimate of drug-likeness (QED) is 0.575. The maximum atomic E-state index is 13.1. The van der Waals surface area contributed by atoms with E-state index in [1.165, 1.54) is 6.92 Å². The average molecular weight is 401 g/mol. The van der Waals surface area contributed by atoms with E-state index >= 15 is 0 Å². The van der Waals surface area contributed by atoms with Crippen LogP contribution in [0.25, 0.3) is 22.0 Å². The lowest BCUT2D eigenvalue weighted by Gasteiger charge is -2.12. The van der Waals surface area contributed by atoms with E-state index in [2.05, 4.69) is 5.32 Å². The molecule has 3 N–H and O–H groups in total. The van der Waals surface area contributed by atoms with Crippen LogP contribution in [0.1, 0.15) is 12.5 Å². The van der Waals surface area contributed by atoms with Crippen molar-refractivity contribution < 1.29 is 13.6 Å². The molecule has 0 bridgehead atoms. The Hall–Kier alpha value is -2.80. The predicted octanol–water partition coefficient (Wildman–Crippen LogP) is 4.46. The fourth-order valence-electron chi connectivity index (χ4n) is 3.21. The second-order valence-electron chi connectivity index (χ2n) is 6.73. The van der Waals surface area contributed by atoms with Crippen molar-refractivity contribution in [3.05, 3.63) is 54.2 Å². The molecule has 0 atom stereocenters. The first-order valence-corrected chi connectivity index (χ1v) is 9.26. The van der Waals surface area contributed by atoms with Crippen LogP contribution in [-0.4, -0.2) is 28.8 Å². The fraction of sp³-hybridized carbons (Fsp3) is 0.238. The van der Waals surface area contributed by atoms with Crippen molar-refractivity contribution in [1.29, 1.82) is 0 Å². The van der Waals surface area contributed by atoms with Crippen LogP contribution < -0.4 is 11.1 Å². The summed E-state index contributed by atoms with van der Waals surface area (Å²) in [5, 5.41) is 3.65. The van der Waals surface area contributed by atoms with Gasteiger partial charge in [0, 0.05) is 47.8 Å². The van der Waals surface area contributed by atoms with Gasteiger partial charge in [-0.25, -0.2) is 0 Å². The summed E-state index contributed by atoms with van der Waals surface area (Å²) >= 11 is 5.07. The molecule has 2 aromatic carbocycles. The summed E-state index contributed by atoms with van der Waals surface area (Å²) in [6.45, 7) is 0.141. The number of nitrogens with two attached hydrogens (primary N) is 1. The Morgan fingerprint density at radius 3 is 2.61 bits per heavy atom. The Morgan fingerprint density at radius 2 is 1.96 bits per heavy atom. The molecule has 4 nitrogen and oxygen atoms in total. The molecule has 3 rings (SSSR count). The lowest BCUT2D eigenvalue weighted by molar-refractivity contribution is -0.114. The Bertz CT molecular complexity index is 1030. The zero-order valence-corrected chi connectivity index (χ0v) is 16.2. The normalized spacial score (nSPS) is 11.1. The maximum absolute atomic E-state index is 13.1. The number of carbonyl (C=O) groups excluding carboxylic acids is 1. The molecule has 0 unspecified atom stereocenters. The topological polar surface area (TPSA) is 60.1 Å². The van der Waals surface area contributed by atoms with Gasteiger partial charge in [-0.05, 0) is 23.8 Å². The highest BCUT2D eigenvalue weighted by Crippen LogP contribution is 2.33. The number of alkyl halides is 2. The monoisotopic (exact) mass is 401 g/mol. The van der Waals surface area contributed by atoms with E-state index in [1.807, 2.05) is 47.2 Å². The zero-order chi connectivity index (χ0) is 20.3. The van der Waals surface area contributed by atoms with Gasteiger partial charge in [-0.2, -0.15) is 0 Å². The highest BCUT2D eigenvalue weighted by Gasteiger charge is 2.16. The molecular weight excluding hydrogens is 380 g/mol. The summed E-state index contributed by atoms with van der Waals surface area (Å²) in [7, 11) is 0. The molecule has 1 amide bonds. The Morgan fingerprint density at radius 1 is 1.21 bits per heavy atom. The predicted molar refractivity (Wildman–Crippen MR) is 113 cm³/mol. The van der Waals surface area contributed by atoms with Crippen LogP contribution in [0.4, 0.5) is 14.5 Å². The number of hydrogen-bond acceptors (Lipinski definition) is 2. The van der Waals surface area contributed by atoms with Crippen LogP contribution in [0.2, 0.25) is 0 Å². The van der Waals surface area contributed by atoms with Crippen molar-refractivity contribution in [1.82, 2.24) is 4.57 Å². The standard InChI is InChI=1S/C21H21F2N3OS/c1-13(27)25-17-5-6-18-19(15-3-2-4-16(7-15)21(24)28)12-26(20(18)8-17)11-14(9-22)10-23/h2-8,12,14H,9-11H2,1H3,(H2,24,28)(H,25,27). The second-order valence-corrected chi connectivity index (χ2v) is 7.17. The molecule has 1 heterocycles. The van der Waals surface area contributed by atoms with E-state index in [4.69, 9.17) is 18.0 Å². The van der Waals surface area contributed by atoms with Gasteiger partial charge in [0.1, 0.15) is 4.99 Å². The number of nitrogens with zero attached hydrogens (tertiary/aromatic N) is 1. The van der Waals surface area contributed by atoms with Crippen molar-refractivity contribution in [3.63, 3.8) is 0 Å². The van der Waals surface area contributed by atoms with Gasteiger partial charge in [-0.3, -0.25) is 13.6 Å². The summed E-state index contributed by atoms with van der Waals surface area (Å²) in [5.41, 5.74) is 9.71. The molecule has 1 aromatic heterocycles. The van der Waals surface area contributed by atoms with E-state index in [9.17, 15) is 13.6 Å². The maximum Gasteiger partial charge on any atom is 0.221 e. The largest absolute Gasteiger partial charge is 0.389 e. The van der Waals surface area contributed by atoms with E-state index in [1.54, 1.807) is 6.07 Å². The van der Waals surface area contributed by atoms with Gasteiger partial charge in [0.2, 0.25) is 5.91 Å². The number of anilines is 1. The molecule has 0 spiro atoms. The van der Waals surface area contributed by atoms with Crippen molar-refractivity contribution in [2.24, 2.45) is 11.7 Å². The van der Waals surface area contributed by atoms with Gasteiger partial charge < -0.3 is 15.6 Å². The summed E-state index contributed by atoms with van der Waals surface area (Å²) < 4.78 is 28.1. The molecule has 0 saturated heterocycles. The van der Waals surface area contributed by atoms with Gasteiger partial charge >= 0.3 is 0 Å². The Kier molecular flexibility index (Phi) is 6.04. The molecule has 0 fully saturated rings. The Balaban J connectivity index is 2.16. The van der Waals surface area contributed by atoms with Crippen molar-refractivity contribution >= 4 is 39.7 Å². The number of hydrogen-bond donors (Lipinski definition) is 2. The number of halogens is 2. The first-order chi connectivity index (χ1) is 13.4. The molecule has 146 valence electrons. The minimum atomic E-state index is -0.742. The van der Waals surface area contributed by atoms with Crippen LogP contribution >= 0.6 is 12.2 Å². The summed E-state index contributed by atoms with van der Waals surface area (Å²) in [6, 6.07) is 13.0. The second kappa shape index (κ2) is 8.48. The minimum absolute atomic E-state index is 0.188. The molecular formula is C21H21F2N3OS. The number of benzene rings is 2. The third-order valence-electron chi connectivity index (χ3n) is 4.55. The average Bonchev–Trinajstić information content (AvgIpc) is 3.03. The number of amides is 1. The van der Waals surface area contributed by atoms with Gasteiger partial charge in [-0.1, -0.05) is 36.5 Å². The SMILES string of the molecule is CC(=O)Nc1ccc2c(-c3cccc(C(N)=S)c3)cn(CC(CF)CF)c2c1. The number of rotatable bonds is 7. The van der Waals surface area contributed by atoms with Crippen molar-refractivity contribution in [2.45, 2.75) is 13.5 Å². The highest BCUT2D eigenvalue weighted by molar-refractivity contribution is 7.80. The molecule has 0 aliphatic carbocycles. The van der Waals surface area contributed by atoms with Gasteiger partial charge in [0.15, 0.2) is 0 Å². The van der Waals surface area contributed by atoms with Gasteiger partial charge in [-0.15, -0.1) is 0 Å².